The number of hydrogen-bond donors (Lipinski definition) is 1. The molecule has 1 atom stereocenters. The summed E-state index contributed by atoms with van der Waals surface area (Å²) in [6.07, 6.45) is -4.17. The van der Waals surface area contributed by atoms with E-state index in [0.29, 0.717) is 25.5 Å². The van der Waals surface area contributed by atoms with Gasteiger partial charge in [-0.2, -0.15) is 0 Å². The molecular formula is C23H25BrF4N4O4. The molecule has 0 spiro atoms. The number of carbonyl (C=O) groups excluding carboxylic acids is 2. The Morgan fingerprint density at radius 3 is 2.39 bits per heavy atom. The van der Waals surface area contributed by atoms with Crippen LogP contribution in [0, 0.1) is 5.82 Å². The average molecular weight is 577 g/mol. The Morgan fingerprint density at radius 2 is 1.83 bits per heavy atom. The third-order valence-electron chi connectivity index (χ3n) is 5.09. The van der Waals surface area contributed by atoms with Crippen LogP contribution in [0.2, 0.25) is 0 Å². The van der Waals surface area contributed by atoms with Gasteiger partial charge >= 0.3 is 12.5 Å². The van der Waals surface area contributed by atoms with Crippen LogP contribution in [0.25, 0.3) is 0 Å². The largest absolute Gasteiger partial charge is 0.573 e. The van der Waals surface area contributed by atoms with Crippen LogP contribution in [-0.2, 0) is 4.74 Å². The van der Waals surface area contributed by atoms with Gasteiger partial charge < -0.3 is 24.6 Å². The number of piperazine rings is 1. The van der Waals surface area contributed by atoms with Gasteiger partial charge in [-0.05, 0) is 67.9 Å². The van der Waals surface area contributed by atoms with E-state index in [4.69, 9.17) is 4.74 Å². The standard InChI is InChI=1S/C23H25BrF4N4O4/c1-13-12-31(21(34)36-22(2,3)4)9-10-32(13)17-8-5-14(11-29-17)30-20(33)15-6-7-16(24)19(18(15)25)35-23(26,27)28/h5-8,11,13H,9-10,12H2,1-4H3,(H,30,33)/t13-/m1/s1. The van der Waals surface area contributed by atoms with E-state index >= 15 is 0 Å². The fourth-order valence-electron chi connectivity index (χ4n) is 3.54. The minimum atomic E-state index is -5.13. The third kappa shape index (κ3) is 6.99. The quantitative estimate of drug-likeness (QED) is 0.478. The molecule has 13 heteroatoms. The lowest BCUT2D eigenvalue weighted by Gasteiger charge is -2.40. The predicted octanol–water partition coefficient (Wildman–Crippen LogP) is 5.58. The summed E-state index contributed by atoms with van der Waals surface area (Å²) >= 11 is 2.78. The number of pyridine rings is 1. The first-order valence-electron chi connectivity index (χ1n) is 10.9. The van der Waals surface area contributed by atoms with E-state index in [9.17, 15) is 27.2 Å². The smallest absolute Gasteiger partial charge is 0.444 e. The van der Waals surface area contributed by atoms with E-state index in [0.717, 1.165) is 12.1 Å². The van der Waals surface area contributed by atoms with Crippen molar-refractivity contribution in [1.29, 1.82) is 0 Å². The number of amides is 2. The summed E-state index contributed by atoms with van der Waals surface area (Å²) in [5, 5.41) is 2.41. The van der Waals surface area contributed by atoms with Crippen LogP contribution in [0.1, 0.15) is 38.1 Å². The lowest BCUT2D eigenvalue weighted by atomic mass is 10.1. The van der Waals surface area contributed by atoms with Crippen molar-refractivity contribution in [3.05, 3.63) is 46.3 Å². The molecule has 1 aromatic carbocycles. The molecule has 36 heavy (non-hydrogen) atoms. The zero-order valence-electron chi connectivity index (χ0n) is 19.9. The number of nitrogens with zero attached hydrogens (tertiary/aromatic N) is 3. The highest BCUT2D eigenvalue weighted by Crippen LogP contribution is 2.35. The normalized spacial score (nSPS) is 16.5. The molecule has 0 aliphatic carbocycles. The summed E-state index contributed by atoms with van der Waals surface area (Å²) < 4.78 is 61.1. The van der Waals surface area contributed by atoms with Crippen LogP contribution >= 0.6 is 15.9 Å². The Hall–Kier alpha value is -3.09. The Balaban J connectivity index is 1.66. The van der Waals surface area contributed by atoms with E-state index in [1.807, 2.05) is 11.8 Å². The van der Waals surface area contributed by atoms with Gasteiger partial charge in [0.25, 0.3) is 5.91 Å². The van der Waals surface area contributed by atoms with Gasteiger partial charge in [-0.1, -0.05) is 0 Å². The van der Waals surface area contributed by atoms with Gasteiger partial charge in [0.2, 0.25) is 0 Å². The fraction of sp³-hybridized carbons (Fsp3) is 0.435. The van der Waals surface area contributed by atoms with Crippen LogP contribution in [0.3, 0.4) is 0 Å². The lowest BCUT2D eigenvalue weighted by molar-refractivity contribution is -0.275. The van der Waals surface area contributed by atoms with E-state index in [-0.39, 0.29) is 22.3 Å². The number of halogens is 5. The molecule has 0 unspecified atom stereocenters. The summed E-state index contributed by atoms with van der Waals surface area (Å²) in [6.45, 7) is 8.71. The maximum atomic E-state index is 14.6. The number of benzene rings is 1. The summed E-state index contributed by atoms with van der Waals surface area (Å²) in [4.78, 5) is 32.8. The highest BCUT2D eigenvalue weighted by molar-refractivity contribution is 9.10. The minimum absolute atomic E-state index is 0.0666. The lowest BCUT2D eigenvalue weighted by Crippen LogP contribution is -2.54. The van der Waals surface area contributed by atoms with Gasteiger partial charge in [0.15, 0.2) is 11.6 Å². The summed E-state index contributed by atoms with van der Waals surface area (Å²) in [7, 11) is 0. The van der Waals surface area contributed by atoms with Crippen LogP contribution in [0.15, 0.2) is 34.9 Å². The highest BCUT2D eigenvalue weighted by atomic mass is 79.9. The van der Waals surface area contributed by atoms with Crippen molar-refractivity contribution in [3.63, 3.8) is 0 Å². The molecule has 2 amide bonds. The molecule has 2 heterocycles. The molecule has 2 aromatic rings. The zero-order chi connectivity index (χ0) is 26.8. The molecule has 1 aromatic heterocycles. The second-order valence-corrected chi connectivity index (χ2v) is 9.97. The number of alkyl halides is 3. The van der Waals surface area contributed by atoms with Crippen LogP contribution in [0.4, 0.5) is 33.9 Å². The second-order valence-electron chi connectivity index (χ2n) is 9.11. The van der Waals surface area contributed by atoms with Crippen LogP contribution < -0.4 is 15.0 Å². The van der Waals surface area contributed by atoms with Gasteiger partial charge in [-0.25, -0.2) is 14.2 Å². The summed E-state index contributed by atoms with van der Waals surface area (Å²) in [5.41, 5.74) is -1.01. The van der Waals surface area contributed by atoms with E-state index < -0.39 is 35.0 Å². The van der Waals surface area contributed by atoms with Gasteiger partial charge in [0.05, 0.1) is 21.9 Å². The van der Waals surface area contributed by atoms with Crippen LogP contribution in [0.5, 0.6) is 5.75 Å². The van der Waals surface area contributed by atoms with E-state index in [1.165, 1.54) is 12.3 Å². The maximum absolute atomic E-state index is 14.6. The first-order valence-corrected chi connectivity index (χ1v) is 11.7. The van der Waals surface area contributed by atoms with Crippen molar-refractivity contribution < 1.29 is 36.6 Å². The molecule has 3 rings (SSSR count). The van der Waals surface area contributed by atoms with Crippen molar-refractivity contribution in [2.24, 2.45) is 0 Å². The number of rotatable bonds is 4. The number of hydrogen-bond acceptors (Lipinski definition) is 6. The molecular weight excluding hydrogens is 552 g/mol. The van der Waals surface area contributed by atoms with Crippen LogP contribution in [-0.4, -0.2) is 59.5 Å². The third-order valence-corrected chi connectivity index (χ3v) is 5.72. The van der Waals surface area contributed by atoms with Gasteiger partial charge in [0, 0.05) is 25.7 Å². The number of anilines is 2. The molecule has 0 radical (unpaired) electrons. The molecule has 1 N–H and O–H groups in total. The van der Waals surface area contributed by atoms with Crippen molar-refractivity contribution in [2.45, 2.75) is 45.7 Å². The monoisotopic (exact) mass is 576 g/mol. The predicted molar refractivity (Wildman–Crippen MR) is 128 cm³/mol. The van der Waals surface area contributed by atoms with Crippen molar-refractivity contribution >= 4 is 39.4 Å². The molecule has 1 saturated heterocycles. The number of ether oxygens (including phenoxy) is 2. The second kappa shape index (κ2) is 10.5. The minimum Gasteiger partial charge on any atom is -0.444 e. The molecule has 1 fully saturated rings. The Labute approximate surface area is 213 Å². The average Bonchev–Trinajstić information content (AvgIpc) is 2.75. The van der Waals surface area contributed by atoms with E-state index in [1.54, 1.807) is 31.7 Å². The summed E-state index contributed by atoms with van der Waals surface area (Å²) in [5.74, 6) is -2.97. The first kappa shape index (κ1) is 27.5. The fourth-order valence-corrected chi connectivity index (χ4v) is 3.92. The van der Waals surface area contributed by atoms with Crippen molar-refractivity contribution in [1.82, 2.24) is 9.88 Å². The number of carbonyl (C=O) groups is 2. The highest BCUT2D eigenvalue weighted by Gasteiger charge is 2.35. The van der Waals surface area contributed by atoms with Gasteiger partial charge in [0.1, 0.15) is 11.4 Å². The number of aromatic nitrogens is 1. The van der Waals surface area contributed by atoms with Gasteiger partial charge in [-0.3, -0.25) is 4.79 Å². The Morgan fingerprint density at radius 1 is 1.14 bits per heavy atom. The molecule has 0 bridgehead atoms. The summed E-state index contributed by atoms with van der Waals surface area (Å²) in [6, 6.07) is 5.23. The maximum Gasteiger partial charge on any atom is 0.573 e. The van der Waals surface area contributed by atoms with Gasteiger partial charge in [-0.15, -0.1) is 13.2 Å². The zero-order valence-corrected chi connectivity index (χ0v) is 21.5. The Kier molecular flexibility index (Phi) is 8.01. The molecule has 0 saturated carbocycles. The molecule has 8 nitrogen and oxygen atoms in total. The first-order chi connectivity index (χ1) is 16.6. The topological polar surface area (TPSA) is 84.0 Å². The Bertz CT molecular complexity index is 1120. The number of nitrogens with one attached hydrogen (secondary N) is 1. The van der Waals surface area contributed by atoms with Crippen molar-refractivity contribution in [3.8, 4) is 5.75 Å². The van der Waals surface area contributed by atoms with Crippen molar-refractivity contribution in [2.75, 3.05) is 29.9 Å². The molecule has 196 valence electrons. The molecule has 1 aliphatic heterocycles. The molecule has 1 aliphatic rings. The SMILES string of the molecule is C[C@@H]1CN(C(=O)OC(C)(C)C)CCN1c1ccc(NC(=O)c2ccc(Br)c(OC(F)(F)F)c2F)cn1. The van der Waals surface area contributed by atoms with E-state index in [2.05, 4.69) is 31.0 Å².